The fourth-order valence-electron chi connectivity index (χ4n) is 3.61. The van der Waals surface area contributed by atoms with Crippen LogP contribution in [0.4, 0.5) is 5.82 Å². The SMILES string of the molecule is Cc1ccc(Cn2nccc2NC(=O)c2oc3cc(C)cc(C)c3c2C)cc1. The van der Waals surface area contributed by atoms with Gasteiger partial charge in [0.25, 0.3) is 5.91 Å². The predicted octanol–water partition coefficient (Wildman–Crippen LogP) is 5.16. The summed E-state index contributed by atoms with van der Waals surface area (Å²) >= 11 is 0. The quantitative estimate of drug-likeness (QED) is 0.537. The van der Waals surface area contributed by atoms with Gasteiger partial charge in [0.05, 0.1) is 12.7 Å². The fraction of sp³-hybridized carbons (Fsp3) is 0.217. The molecule has 2 heterocycles. The molecule has 0 saturated heterocycles. The Morgan fingerprint density at radius 3 is 2.54 bits per heavy atom. The third-order valence-electron chi connectivity index (χ3n) is 4.99. The molecule has 0 aliphatic carbocycles. The van der Waals surface area contributed by atoms with Crippen molar-refractivity contribution in [1.82, 2.24) is 9.78 Å². The maximum Gasteiger partial charge on any atom is 0.292 e. The molecule has 0 spiro atoms. The van der Waals surface area contributed by atoms with E-state index in [9.17, 15) is 4.79 Å². The maximum absolute atomic E-state index is 12.9. The van der Waals surface area contributed by atoms with Gasteiger partial charge in [-0.05, 0) is 50.5 Å². The average molecular weight is 373 g/mol. The zero-order chi connectivity index (χ0) is 19.8. The lowest BCUT2D eigenvalue weighted by Gasteiger charge is -2.09. The Bertz CT molecular complexity index is 1170. The zero-order valence-electron chi connectivity index (χ0n) is 16.5. The normalized spacial score (nSPS) is 11.1. The van der Waals surface area contributed by atoms with Gasteiger partial charge in [-0.1, -0.05) is 35.9 Å². The molecule has 0 fully saturated rings. The number of carbonyl (C=O) groups is 1. The summed E-state index contributed by atoms with van der Waals surface area (Å²) in [6.45, 7) is 8.62. The van der Waals surface area contributed by atoms with Crippen LogP contribution in [0.15, 0.2) is 53.1 Å². The third-order valence-corrected chi connectivity index (χ3v) is 4.99. The number of hydrogen-bond acceptors (Lipinski definition) is 3. The summed E-state index contributed by atoms with van der Waals surface area (Å²) in [5, 5.41) is 8.29. The van der Waals surface area contributed by atoms with Crippen LogP contribution in [0.1, 0.15) is 38.4 Å². The second-order valence-corrected chi connectivity index (χ2v) is 7.32. The molecule has 1 amide bonds. The van der Waals surface area contributed by atoms with Crippen molar-refractivity contribution in [1.29, 1.82) is 0 Å². The minimum absolute atomic E-state index is 0.267. The molecule has 0 atom stereocenters. The van der Waals surface area contributed by atoms with Crippen molar-refractivity contribution >= 4 is 22.7 Å². The third kappa shape index (κ3) is 3.31. The van der Waals surface area contributed by atoms with Crippen LogP contribution < -0.4 is 5.32 Å². The minimum Gasteiger partial charge on any atom is -0.451 e. The van der Waals surface area contributed by atoms with Crippen molar-refractivity contribution in [3.63, 3.8) is 0 Å². The van der Waals surface area contributed by atoms with E-state index >= 15 is 0 Å². The van der Waals surface area contributed by atoms with E-state index in [0.717, 1.165) is 33.2 Å². The summed E-state index contributed by atoms with van der Waals surface area (Å²) < 4.78 is 7.67. The van der Waals surface area contributed by atoms with E-state index < -0.39 is 0 Å². The Morgan fingerprint density at radius 2 is 1.79 bits per heavy atom. The van der Waals surface area contributed by atoms with Gasteiger partial charge in [-0.3, -0.25) is 4.79 Å². The summed E-state index contributed by atoms with van der Waals surface area (Å²) in [6, 6.07) is 14.1. The van der Waals surface area contributed by atoms with E-state index in [1.807, 2.05) is 26.8 Å². The first-order chi connectivity index (χ1) is 13.4. The van der Waals surface area contributed by atoms with Gasteiger partial charge in [0.15, 0.2) is 5.76 Å². The number of rotatable bonds is 4. The number of aryl methyl sites for hydroxylation is 4. The van der Waals surface area contributed by atoms with Crippen LogP contribution >= 0.6 is 0 Å². The summed E-state index contributed by atoms with van der Waals surface area (Å²) in [5.41, 5.74) is 6.16. The molecule has 4 rings (SSSR count). The predicted molar refractivity (Wildman–Crippen MR) is 111 cm³/mol. The minimum atomic E-state index is -0.267. The lowest BCUT2D eigenvalue weighted by molar-refractivity contribution is 0.0997. The number of anilines is 1. The highest BCUT2D eigenvalue weighted by atomic mass is 16.3. The van der Waals surface area contributed by atoms with Crippen molar-refractivity contribution in [3.05, 3.63) is 82.2 Å². The van der Waals surface area contributed by atoms with Crippen LogP contribution in [-0.2, 0) is 6.54 Å². The van der Waals surface area contributed by atoms with E-state index in [2.05, 4.69) is 47.7 Å². The number of hydrogen-bond donors (Lipinski definition) is 1. The van der Waals surface area contributed by atoms with Gasteiger partial charge in [0.2, 0.25) is 0 Å². The largest absolute Gasteiger partial charge is 0.451 e. The highest BCUT2D eigenvalue weighted by molar-refractivity contribution is 6.06. The Labute approximate surface area is 164 Å². The number of benzene rings is 2. The van der Waals surface area contributed by atoms with Gasteiger partial charge in [0.1, 0.15) is 11.4 Å². The fourth-order valence-corrected chi connectivity index (χ4v) is 3.61. The molecule has 4 aromatic rings. The summed E-state index contributed by atoms with van der Waals surface area (Å²) in [7, 11) is 0. The van der Waals surface area contributed by atoms with Crippen LogP contribution in [0.5, 0.6) is 0 Å². The second-order valence-electron chi connectivity index (χ2n) is 7.32. The van der Waals surface area contributed by atoms with Gasteiger partial charge in [-0.15, -0.1) is 0 Å². The molecule has 1 N–H and O–H groups in total. The van der Waals surface area contributed by atoms with Crippen molar-refractivity contribution in [2.75, 3.05) is 5.32 Å². The van der Waals surface area contributed by atoms with Gasteiger partial charge in [-0.25, -0.2) is 4.68 Å². The summed E-state index contributed by atoms with van der Waals surface area (Å²) in [4.78, 5) is 12.9. The number of amides is 1. The number of nitrogens with zero attached hydrogens (tertiary/aromatic N) is 2. The standard InChI is InChI=1S/C23H23N3O2/c1-14-5-7-18(8-6-14)13-26-20(9-10-24-26)25-23(27)22-17(4)21-16(3)11-15(2)12-19(21)28-22/h5-12H,13H2,1-4H3,(H,25,27). The number of nitrogens with one attached hydrogen (secondary N) is 1. The van der Waals surface area contributed by atoms with E-state index in [0.29, 0.717) is 18.1 Å². The average Bonchev–Trinajstić information content (AvgIpc) is 3.21. The lowest BCUT2D eigenvalue weighted by atomic mass is 10.0. The monoisotopic (exact) mass is 373 g/mol. The Hall–Kier alpha value is -3.34. The Kier molecular flexibility index (Phi) is 4.51. The molecule has 2 aromatic heterocycles. The molecule has 0 saturated carbocycles. The molecule has 0 unspecified atom stereocenters. The van der Waals surface area contributed by atoms with Crippen LogP contribution in [0, 0.1) is 27.7 Å². The van der Waals surface area contributed by atoms with Crippen LogP contribution in [-0.4, -0.2) is 15.7 Å². The smallest absolute Gasteiger partial charge is 0.292 e. The van der Waals surface area contributed by atoms with Crippen LogP contribution in [0.3, 0.4) is 0 Å². The summed E-state index contributed by atoms with van der Waals surface area (Å²) in [5.74, 6) is 0.710. The van der Waals surface area contributed by atoms with E-state index in [1.165, 1.54) is 5.56 Å². The molecule has 0 radical (unpaired) electrons. The van der Waals surface area contributed by atoms with E-state index in [-0.39, 0.29) is 5.91 Å². The first kappa shape index (κ1) is 18.0. The molecular formula is C23H23N3O2. The summed E-state index contributed by atoms with van der Waals surface area (Å²) in [6.07, 6.45) is 1.68. The maximum atomic E-state index is 12.9. The van der Waals surface area contributed by atoms with Gasteiger partial charge < -0.3 is 9.73 Å². The molecule has 2 aromatic carbocycles. The van der Waals surface area contributed by atoms with Crippen LogP contribution in [0.2, 0.25) is 0 Å². The van der Waals surface area contributed by atoms with Crippen molar-refractivity contribution < 1.29 is 9.21 Å². The number of furan rings is 1. The van der Waals surface area contributed by atoms with E-state index in [4.69, 9.17) is 4.42 Å². The molecular weight excluding hydrogens is 350 g/mol. The lowest BCUT2D eigenvalue weighted by Crippen LogP contribution is -2.16. The van der Waals surface area contributed by atoms with Crippen LogP contribution in [0.25, 0.3) is 11.0 Å². The van der Waals surface area contributed by atoms with Gasteiger partial charge in [0, 0.05) is 17.0 Å². The number of aromatic nitrogens is 2. The highest BCUT2D eigenvalue weighted by Crippen LogP contribution is 2.30. The first-order valence-corrected chi connectivity index (χ1v) is 9.31. The van der Waals surface area contributed by atoms with Crippen molar-refractivity contribution in [3.8, 4) is 0 Å². The Morgan fingerprint density at radius 1 is 1.04 bits per heavy atom. The molecule has 142 valence electrons. The molecule has 5 heteroatoms. The van der Waals surface area contributed by atoms with E-state index in [1.54, 1.807) is 16.9 Å². The van der Waals surface area contributed by atoms with Crippen molar-refractivity contribution in [2.45, 2.75) is 34.2 Å². The molecule has 0 aliphatic heterocycles. The second kappa shape index (κ2) is 7.00. The number of carbonyl (C=O) groups excluding carboxylic acids is 1. The molecule has 5 nitrogen and oxygen atoms in total. The number of fused-ring (bicyclic) bond motifs is 1. The van der Waals surface area contributed by atoms with Crippen molar-refractivity contribution in [2.24, 2.45) is 0 Å². The molecule has 28 heavy (non-hydrogen) atoms. The zero-order valence-corrected chi connectivity index (χ0v) is 16.5. The molecule has 0 aliphatic rings. The van der Waals surface area contributed by atoms with Gasteiger partial charge in [-0.2, -0.15) is 5.10 Å². The molecule has 0 bridgehead atoms. The Balaban J connectivity index is 1.61. The highest BCUT2D eigenvalue weighted by Gasteiger charge is 2.20. The topological polar surface area (TPSA) is 60.1 Å². The first-order valence-electron chi connectivity index (χ1n) is 9.31. The van der Waals surface area contributed by atoms with Gasteiger partial charge >= 0.3 is 0 Å².